The van der Waals surface area contributed by atoms with Gasteiger partial charge in [0.05, 0.1) is 5.75 Å². The zero-order chi connectivity index (χ0) is 22.5. The van der Waals surface area contributed by atoms with Gasteiger partial charge in [-0.25, -0.2) is 0 Å². The molecule has 0 saturated carbocycles. The topological polar surface area (TPSA) is 85.8 Å². The first-order valence-electron chi connectivity index (χ1n) is 10.3. The first-order chi connectivity index (χ1) is 15.5. The van der Waals surface area contributed by atoms with Gasteiger partial charge in [0, 0.05) is 23.5 Å². The fourth-order valence-corrected chi connectivity index (χ4v) is 4.10. The molecule has 4 rings (SSSR count). The van der Waals surface area contributed by atoms with Crippen LogP contribution >= 0.6 is 11.8 Å². The summed E-state index contributed by atoms with van der Waals surface area (Å²) in [5.41, 5.74) is 11.5. The third-order valence-electron chi connectivity index (χ3n) is 5.07. The summed E-state index contributed by atoms with van der Waals surface area (Å²) in [6, 6.07) is 23.9. The number of amides is 1. The van der Waals surface area contributed by atoms with Crippen LogP contribution in [-0.4, -0.2) is 26.4 Å². The highest BCUT2D eigenvalue weighted by atomic mass is 32.2. The number of carbonyl (C=O) groups is 1. The number of aromatic nitrogens is 3. The third-order valence-corrected chi connectivity index (χ3v) is 5.99. The molecule has 0 radical (unpaired) electrons. The average Bonchev–Trinajstić information content (AvgIpc) is 3.18. The normalized spacial score (nSPS) is 10.8. The van der Waals surface area contributed by atoms with Gasteiger partial charge in [-0.3, -0.25) is 9.36 Å². The van der Waals surface area contributed by atoms with Crippen LogP contribution in [0.5, 0.6) is 0 Å². The van der Waals surface area contributed by atoms with Gasteiger partial charge in [-0.15, -0.1) is 10.2 Å². The highest BCUT2D eigenvalue weighted by Gasteiger charge is 2.17. The van der Waals surface area contributed by atoms with Crippen LogP contribution in [0.1, 0.15) is 22.5 Å². The summed E-state index contributed by atoms with van der Waals surface area (Å²) >= 11 is 1.36. The molecule has 1 amide bonds. The van der Waals surface area contributed by atoms with Gasteiger partial charge in [-0.05, 0) is 49.2 Å². The predicted octanol–water partition coefficient (Wildman–Crippen LogP) is 4.79. The van der Waals surface area contributed by atoms with Crippen LogP contribution in [0.25, 0.3) is 5.69 Å². The molecule has 6 nitrogen and oxygen atoms in total. The maximum atomic E-state index is 12.6. The van der Waals surface area contributed by atoms with Crippen molar-refractivity contribution in [2.45, 2.75) is 25.4 Å². The van der Waals surface area contributed by atoms with Gasteiger partial charge in [0.2, 0.25) is 5.91 Å². The molecule has 0 spiro atoms. The van der Waals surface area contributed by atoms with Crippen LogP contribution in [0, 0.1) is 13.8 Å². The molecule has 3 N–H and O–H groups in total. The van der Waals surface area contributed by atoms with Crippen LogP contribution in [0.2, 0.25) is 0 Å². The lowest BCUT2D eigenvalue weighted by Crippen LogP contribution is -2.15. The number of rotatable bonds is 7. The van der Waals surface area contributed by atoms with Gasteiger partial charge in [-0.1, -0.05) is 65.9 Å². The molecule has 7 heteroatoms. The van der Waals surface area contributed by atoms with Crippen molar-refractivity contribution < 1.29 is 4.79 Å². The van der Waals surface area contributed by atoms with Crippen molar-refractivity contribution in [2.24, 2.45) is 0 Å². The number of anilines is 2. The van der Waals surface area contributed by atoms with E-state index in [1.165, 1.54) is 17.3 Å². The monoisotopic (exact) mass is 443 g/mol. The fraction of sp³-hybridized carbons (Fsp3) is 0.160. The second kappa shape index (κ2) is 9.70. The molecular formula is C25H25N5OS. The van der Waals surface area contributed by atoms with Crippen LogP contribution in [-0.2, 0) is 11.2 Å². The maximum Gasteiger partial charge on any atom is 0.234 e. The van der Waals surface area contributed by atoms with Crippen molar-refractivity contribution in [1.29, 1.82) is 0 Å². The van der Waals surface area contributed by atoms with E-state index >= 15 is 0 Å². The van der Waals surface area contributed by atoms with E-state index in [-0.39, 0.29) is 11.7 Å². The lowest BCUT2D eigenvalue weighted by atomic mass is 10.1. The predicted molar refractivity (Wildman–Crippen MR) is 130 cm³/mol. The summed E-state index contributed by atoms with van der Waals surface area (Å²) in [7, 11) is 0. The smallest absolute Gasteiger partial charge is 0.234 e. The van der Waals surface area contributed by atoms with Crippen molar-refractivity contribution in [3.63, 3.8) is 0 Å². The van der Waals surface area contributed by atoms with E-state index in [0.29, 0.717) is 17.3 Å². The Morgan fingerprint density at radius 2 is 1.75 bits per heavy atom. The van der Waals surface area contributed by atoms with Gasteiger partial charge in [0.1, 0.15) is 5.82 Å². The molecule has 162 valence electrons. The van der Waals surface area contributed by atoms with Crippen LogP contribution in [0.15, 0.2) is 78.0 Å². The second-order valence-corrected chi connectivity index (χ2v) is 8.59. The Labute approximate surface area is 191 Å². The second-order valence-electron chi connectivity index (χ2n) is 7.64. The molecule has 0 bridgehead atoms. The molecule has 0 aliphatic heterocycles. The van der Waals surface area contributed by atoms with Gasteiger partial charge >= 0.3 is 0 Å². The van der Waals surface area contributed by atoms with Gasteiger partial charge in [-0.2, -0.15) is 0 Å². The first-order valence-corrected chi connectivity index (χ1v) is 11.3. The lowest BCUT2D eigenvalue weighted by Gasteiger charge is -2.12. The van der Waals surface area contributed by atoms with E-state index in [2.05, 4.69) is 46.7 Å². The number of aryl methyl sites for hydroxylation is 2. The van der Waals surface area contributed by atoms with Crippen molar-refractivity contribution in [3.05, 3.63) is 95.3 Å². The van der Waals surface area contributed by atoms with Crippen LogP contribution < -0.4 is 11.1 Å². The number of nitrogens with two attached hydrogens (primary N) is 1. The standard InChI is InChI=1S/C25H25N5OS/c1-17-8-12-21(13-9-17)30-23(14-19-6-4-3-5-7-19)28-29-25(30)32-16-24(31)27-22-15-20(26)11-10-18(22)2/h3-13,15H,14,16,26H2,1-2H3,(H,27,31). The van der Waals surface area contributed by atoms with Crippen LogP contribution in [0.4, 0.5) is 11.4 Å². The molecule has 0 aliphatic rings. The zero-order valence-electron chi connectivity index (χ0n) is 18.1. The third kappa shape index (κ3) is 5.18. The number of hydrogen-bond donors (Lipinski definition) is 2. The quantitative estimate of drug-likeness (QED) is 0.317. The highest BCUT2D eigenvalue weighted by molar-refractivity contribution is 7.99. The lowest BCUT2D eigenvalue weighted by molar-refractivity contribution is -0.113. The zero-order valence-corrected chi connectivity index (χ0v) is 18.9. The Bertz CT molecular complexity index is 1220. The van der Waals surface area contributed by atoms with E-state index in [0.717, 1.165) is 28.3 Å². The minimum absolute atomic E-state index is 0.119. The molecule has 1 heterocycles. The number of nitrogens with zero attached hydrogens (tertiary/aromatic N) is 3. The Balaban J connectivity index is 1.55. The first kappa shape index (κ1) is 21.6. The molecule has 0 atom stereocenters. The molecular weight excluding hydrogens is 418 g/mol. The number of hydrogen-bond acceptors (Lipinski definition) is 5. The van der Waals surface area contributed by atoms with Crippen molar-refractivity contribution >= 4 is 29.0 Å². The summed E-state index contributed by atoms with van der Waals surface area (Å²) in [5.74, 6) is 0.922. The van der Waals surface area contributed by atoms with Gasteiger partial charge in [0.25, 0.3) is 0 Å². The Morgan fingerprint density at radius 1 is 1.00 bits per heavy atom. The average molecular weight is 444 g/mol. The van der Waals surface area contributed by atoms with E-state index < -0.39 is 0 Å². The molecule has 0 saturated heterocycles. The van der Waals surface area contributed by atoms with E-state index in [1.54, 1.807) is 6.07 Å². The largest absolute Gasteiger partial charge is 0.399 e. The summed E-state index contributed by atoms with van der Waals surface area (Å²) in [5, 5.41) is 12.5. The van der Waals surface area contributed by atoms with Crippen molar-refractivity contribution in [2.75, 3.05) is 16.8 Å². The van der Waals surface area contributed by atoms with Gasteiger partial charge < -0.3 is 11.1 Å². The molecule has 0 aliphatic carbocycles. The number of benzene rings is 3. The van der Waals surface area contributed by atoms with Crippen molar-refractivity contribution in [1.82, 2.24) is 14.8 Å². The SMILES string of the molecule is Cc1ccc(-n2c(Cc3ccccc3)nnc2SCC(=O)Nc2cc(N)ccc2C)cc1. The maximum absolute atomic E-state index is 12.6. The molecule has 0 unspecified atom stereocenters. The summed E-state index contributed by atoms with van der Waals surface area (Å²) in [6.07, 6.45) is 0.650. The minimum atomic E-state index is -0.119. The van der Waals surface area contributed by atoms with Crippen molar-refractivity contribution in [3.8, 4) is 5.69 Å². The van der Waals surface area contributed by atoms with E-state index in [9.17, 15) is 4.79 Å². The van der Waals surface area contributed by atoms with E-state index in [4.69, 9.17) is 5.73 Å². The molecule has 1 aromatic heterocycles. The molecule has 4 aromatic rings. The number of nitrogens with one attached hydrogen (secondary N) is 1. The minimum Gasteiger partial charge on any atom is -0.399 e. The number of carbonyl (C=O) groups excluding carboxylic acids is 1. The number of nitrogen functional groups attached to an aromatic ring is 1. The highest BCUT2D eigenvalue weighted by Crippen LogP contribution is 2.25. The molecule has 0 fully saturated rings. The fourth-order valence-electron chi connectivity index (χ4n) is 3.33. The van der Waals surface area contributed by atoms with Gasteiger partial charge in [0.15, 0.2) is 5.16 Å². The molecule has 32 heavy (non-hydrogen) atoms. The van der Waals surface area contributed by atoms with E-state index in [1.807, 2.05) is 54.0 Å². The van der Waals surface area contributed by atoms with Crippen LogP contribution in [0.3, 0.4) is 0 Å². The number of thioether (sulfide) groups is 1. The Kier molecular flexibility index (Phi) is 6.56. The summed E-state index contributed by atoms with van der Waals surface area (Å²) < 4.78 is 2.02. The summed E-state index contributed by atoms with van der Waals surface area (Å²) in [6.45, 7) is 3.99. The molecule has 3 aromatic carbocycles. The Morgan fingerprint density at radius 3 is 2.50 bits per heavy atom. The summed E-state index contributed by atoms with van der Waals surface area (Å²) in [4.78, 5) is 12.6. The Hall–Kier alpha value is -3.58.